The average Bonchev–Trinajstić information content (AvgIpc) is 0.952. The highest BCUT2D eigenvalue weighted by Gasteiger charge is 2.34. The van der Waals surface area contributed by atoms with Gasteiger partial charge in [-0.1, -0.05) is 64.1 Å². The van der Waals surface area contributed by atoms with E-state index in [4.69, 9.17) is 4.74 Å². The zero-order valence-corrected chi connectivity index (χ0v) is 54.8. The molecule has 0 saturated heterocycles. The highest BCUT2D eigenvalue weighted by Crippen LogP contribution is 2.39. The van der Waals surface area contributed by atoms with Gasteiger partial charge in [0.15, 0.2) is 23.2 Å². The van der Waals surface area contributed by atoms with Gasteiger partial charge >= 0.3 is 11.9 Å². The normalized spacial score (nSPS) is 13.0. The van der Waals surface area contributed by atoms with Crippen molar-refractivity contribution in [1.29, 1.82) is 0 Å². The minimum atomic E-state index is -1.17. The van der Waals surface area contributed by atoms with E-state index in [1.807, 2.05) is 130 Å². The molecule has 0 spiro atoms. The van der Waals surface area contributed by atoms with Crippen LogP contribution in [0.5, 0.6) is 0 Å². The van der Waals surface area contributed by atoms with Crippen LogP contribution in [-0.2, 0) is 36.8 Å². The van der Waals surface area contributed by atoms with Crippen LogP contribution >= 0.6 is 0 Å². The van der Waals surface area contributed by atoms with Crippen LogP contribution < -0.4 is 11.1 Å². The van der Waals surface area contributed by atoms with Crippen LogP contribution in [0.25, 0.3) is 22.3 Å². The Morgan fingerprint density at radius 3 is 1.19 bits per heavy atom. The van der Waals surface area contributed by atoms with E-state index >= 15 is 17.6 Å². The minimum Gasteiger partial charge on any atom is -0.481 e. The molecule has 4 atom stereocenters. The molecule has 2 unspecified atom stereocenters. The molecule has 1 N–H and O–H groups in total. The number of ketones is 2. The van der Waals surface area contributed by atoms with E-state index in [1.165, 1.54) is 9.13 Å². The van der Waals surface area contributed by atoms with Gasteiger partial charge in [-0.25, -0.2) is 17.6 Å². The van der Waals surface area contributed by atoms with E-state index in [9.17, 15) is 33.9 Å². The van der Waals surface area contributed by atoms with Gasteiger partial charge in [0.25, 0.3) is 11.1 Å². The number of likely N-dealkylation sites (N-methyl/N-ethyl adjacent to an activating group) is 2. The lowest BCUT2D eigenvalue weighted by Crippen LogP contribution is -2.34. The number of halogens is 4. The quantitative estimate of drug-likeness (QED) is 0.0390. The predicted octanol–water partition coefficient (Wildman–Crippen LogP) is 14.4. The summed E-state index contributed by atoms with van der Waals surface area (Å²) in [5, 5.41) is 9.80. The van der Waals surface area contributed by atoms with Crippen LogP contribution in [0.1, 0.15) is 164 Å². The molecule has 476 valence electrons. The third-order valence-corrected chi connectivity index (χ3v) is 16.5. The van der Waals surface area contributed by atoms with Crippen molar-refractivity contribution in [2.75, 3.05) is 47.9 Å². The number of ether oxygens (including phenoxy) is 1. The summed E-state index contributed by atoms with van der Waals surface area (Å²) in [6.07, 6.45) is 3.44. The first-order valence-corrected chi connectivity index (χ1v) is 30.5. The molecular formula is C72H92F4N4O8. The van der Waals surface area contributed by atoms with Crippen LogP contribution in [-0.4, -0.2) is 95.4 Å². The lowest BCUT2D eigenvalue weighted by molar-refractivity contribution is -0.144. The Morgan fingerprint density at radius 2 is 0.875 bits per heavy atom. The second-order valence-corrected chi connectivity index (χ2v) is 25.3. The van der Waals surface area contributed by atoms with Gasteiger partial charge in [-0.15, -0.1) is 0 Å². The van der Waals surface area contributed by atoms with Crippen molar-refractivity contribution in [2.24, 2.45) is 11.8 Å². The summed E-state index contributed by atoms with van der Waals surface area (Å²) < 4.78 is 69.9. The van der Waals surface area contributed by atoms with Crippen LogP contribution in [0.4, 0.5) is 17.6 Å². The Bertz CT molecular complexity index is 3580. The Morgan fingerprint density at radius 1 is 0.523 bits per heavy atom. The Labute approximate surface area is 518 Å². The molecule has 0 saturated carbocycles. The maximum Gasteiger partial charge on any atom is 0.306 e. The fraction of sp³-hybridized carbons (Fsp3) is 0.472. The summed E-state index contributed by atoms with van der Waals surface area (Å²) in [6, 6.07) is 16.7. The van der Waals surface area contributed by atoms with Crippen molar-refractivity contribution in [2.45, 2.75) is 165 Å². The lowest BCUT2D eigenvalue weighted by atomic mass is 9.84. The summed E-state index contributed by atoms with van der Waals surface area (Å²) in [6.45, 7) is 25.1. The van der Waals surface area contributed by atoms with Crippen LogP contribution in [0.2, 0.25) is 0 Å². The summed E-state index contributed by atoms with van der Waals surface area (Å²) in [4.78, 5) is 83.5. The fourth-order valence-corrected chi connectivity index (χ4v) is 11.8. The van der Waals surface area contributed by atoms with E-state index in [0.717, 1.165) is 44.5 Å². The van der Waals surface area contributed by atoms with Gasteiger partial charge in [0.05, 0.1) is 31.5 Å². The molecule has 12 nitrogen and oxygen atoms in total. The number of aryl methyl sites for hydroxylation is 6. The number of carboxylic acid groups (broad SMARTS) is 1. The molecule has 4 aromatic carbocycles. The predicted molar refractivity (Wildman–Crippen MR) is 343 cm³/mol. The number of hydrogen-bond acceptors (Lipinski definition) is 9. The van der Waals surface area contributed by atoms with Crippen LogP contribution in [0.3, 0.4) is 0 Å². The summed E-state index contributed by atoms with van der Waals surface area (Å²) >= 11 is 0. The van der Waals surface area contributed by atoms with Gasteiger partial charge in [-0.2, -0.15) is 0 Å². The molecule has 0 amide bonds. The van der Waals surface area contributed by atoms with Gasteiger partial charge in [-0.3, -0.25) is 28.8 Å². The van der Waals surface area contributed by atoms with E-state index in [1.54, 1.807) is 71.3 Å². The number of esters is 1. The third-order valence-electron chi connectivity index (χ3n) is 16.5. The summed E-state index contributed by atoms with van der Waals surface area (Å²) in [5.41, 5.74) is 8.63. The van der Waals surface area contributed by atoms with E-state index in [2.05, 4.69) is 0 Å². The third kappa shape index (κ3) is 18.2. The van der Waals surface area contributed by atoms with E-state index < -0.39 is 82.4 Å². The number of pyridine rings is 2. The SMILES string of the molecule is CCOC(=O)C[C@H](CC(=O)C(CC(C)C)n1cc(CCN(C)C)c(C)c(F)c1=O)c1cc(-c2c(C)cccc2C)cc(C)c1F.Cc1cc(-c2c(C)cccc2C)cc([C@H](CC(=O)O)CC(=O)C(CC(C)C)n2cc(CCN(C)C)c(C)c(F)c2=O)c1F. The van der Waals surface area contributed by atoms with Crippen molar-refractivity contribution in [3.8, 4) is 22.3 Å². The molecular weight excluding hydrogens is 1120 g/mol. The molecule has 0 aliphatic heterocycles. The number of nitrogens with zero attached hydrogens (tertiary/aromatic N) is 4. The number of Topliss-reactive ketones (excluding diaryl/α,β-unsaturated/α-hetero) is 2. The first-order chi connectivity index (χ1) is 41.3. The van der Waals surface area contributed by atoms with Gasteiger partial charge < -0.3 is 28.8 Å². The molecule has 2 heterocycles. The van der Waals surface area contributed by atoms with Gasteiger partial charge in [-0.05, 0) is 241 Å². The summed E-state index contributed by atoms with van der Waals surface area (Å²) in [7, 11) is 7.61. The van der Waals surface area contributed by atoms with Crippen molar-refractivity contribution in [3.05, 3.63) is 184 Å². The molecule has 6 aromatic rings. The molecule has 0 bridgehead atoms. The zero-order valence-electron chi connectivity index (χ0n) is 54.8. The average molecular weight is 1220 g/mol. The maximum atomic E-state index is 16.0. The van der Waals surface area contributed by atoms with Crippen molar-refractivity contribution in [1.82, 2.24) is 18.9 Å². The Balaban J connectivity index is 0.000000321. The largest absolute Gasteiger partial charge is 0.481 e. The van der Waals surface area contributed by atoms with Crippen molar-refractivity contribution in [3.63, 3.8) is 0 Å². The standard InChI is InChI=1S/C37H48F2N2O4.C35H44F2N2O4/c1-10-45-33(43)20-28(30-18-29(17-25(6)35(30)38)34-23(4)12-11-13-24(34)5)19-32(42)31(16-22(2)3)41-21-27(14-15-40(8)9)26(7)36(39)37(41)44;1-20(2)14-29(39-19-25(12-13-38(7)8)24(6)34(37)35(39)43)30(40)17-26(18-31(41)42)28-16-27(15-23(5)33(28)36)32-21(3)10-9-11-22(32)4/h11-13,17-18,21-22,28,31H,10,14-16,19-20H2,1-9H3;9-11,15-16,19-20,26,29H,12-14,17-18H2,1-8H3,(H,41,42)/t28-,31?;26-,29?/m00/s1. The van der Waals surface area contributed by atoms with Crippen molar-refractivity contribution < 1.29 is 46.6 Å². The Kier molecular flexibility index (Phi) is 25.8. The second-order valence-electron chi connectivity index (χ2n) is 25.3. The molecule has 0 aliphatic carbocycles. The fourth-order valence-electron chi connectivity index (χ4n) is 11.8. The molecule has 0 fully saturated rings. The smallest absolute Gasteiger partial charge is 0.306 e. The molecule has 88 heavy (non-hydrogen) atoms. The van der Waals surface area contributed by atoms with Gasteiger partial charge in [0, 0.05) is 50.2 Å². The van der Waals surface area contributed by atoms with Crippen LogP contribution in [0.15, 0.2) is 82.6 Å². The molecule has 0 aliphatic rings. The number of hydrogen-bond donors (Lipinski definition) is 1. The highest BCUT2D eigenvalue weighted by molar-refractivity contribution is 5.86. The van der Waals surface area contributed by atoms with E-state index in [0.29, 0.717) is 48.2 Å². The zero-order chi connectivity index (χ0) is 65.8. The topological polar surface area (TPSA) is 148 Å². The minimum absolute atomic E-state index is 0.00437. The van der Waals surface area contributed by atoms with Crippen molar-refractivity contribution >= 4 is 23.5 Å². The monoisotopic (exact) mass is 1220 g/mol. The first-order valence-electron chi connectivity index (χ1n) is 30.5. The number of carbonyl (C=O) groups is 4. The van der Waals surface area contributed by atoms with Gasteiger partial charge in [0.2, 0.25) is 0 Å². The van der Waals surface area contributed by atoms with Gasteiger partial charge in [0.1, 0.15) is 11.6 Å². The molecule has 2 aromatic heterocycles. The Hall–Kier alpha value is -7.30. The number of rotatable bonds is 27. The number of carboxylic acids is 1. The molecule has 6 rings (SSSR count). The number of benzene rings is 4. The highest BCUT2D eigenvalue weighted by atomic mass is 19.1. The molecule has 16 heteroatoms. The number of aliphatic carboxylic acids is 1. The second kappa shape index (κ2) is 31.7. The number of aromatic nitrogens is 2. The lowest BCUT2D eigenvalue weighted by Gasteiger charge is -2.26. The van der Waals surface area contributed by atoms with E-state index in [-0.39, 0.29) is 78.6 Å². The van der Waals surface area contributed by atoms with Crippen LogP contribution in [0, 0.1) is 90.5 Å². The molecule has 0 radical (unpaired) electrons. The number of carbonyl (C=O) groups excluding carboxylic acids is 3. The summed E-state index contributed by atoms with van der Waals surface area (Å²) in [5.74, 6) is -7.20. The first kappa shape index (κ1) is 71.5. The maximum absolute atomic E-state index is 16.0.